The first-order valence-electron chi connectivity index (χ1n) is 5.09. The number of carboxylic acid groups (broad SMARTS) is 1. The van der Waals surface area contributed by atoms with Crippen molar-refractivity contribution < 1.29 is 19.2 Å². The molecule has 0 radical (unpaired) electrons. The summed E-state index contributed by atoms with van der Waals surface area (Å²) in [7, 11) is 0. The monoisotopic (exact) mass is 242 g/mol. The van der Waals surface area contributed by atoms with E-state index >= 15 is 0 Å². The molecule has 0 unspecified atom stereocenters. The van der Waals surface area contributed by atoms with Gasteiger partial charge >= 0.3 is 12.0 Å². The zero-order chi connectivity index (χ0) is 12.8. The molecular weight excluding hydrogens is 228 g/mol. The van der Waals surface area contributed by atoms with Crippen molar-refractivity contribution in [1.29, 1.82) is 0 Å². The van der Waals surface area contributed by atoms with Crippen LogP contribution in [0.25, 0.3) is 0 Å². The number of nitrogens with one attached hydrogen (secondary N) is 2. The fraction of sp³-hybridized carbons (Fsp3) is 0.556. The van der Waals surface area contributed by atoms with Crippen LogP contribution in [-0.4, -0.2) is 33.3 Å². The number of carbonyl (C=O) groups excluding carboxylic acids is 1. The smallest absolute Gasteiger partial charge is 0.326 e. The van der Waals surface area contributed by atoms with Gasteiger partial charge in [0.15, 0.2) is 5.82 Å². The molecule has 1 rings (SSSR count). The van der Waals surface area contributed by atoms with E-state index in [9.17, 15) is 9.59 Å². The van der Waals surface area contributed by atoms with Gasteiger partial charge in [0.25, 0.3) is 0 Å². The molecular formula is C9H14N4O4. The average molecular weight is 242 g/mol. The van der Waals surface area contributed by atoms with E-state index in [4.69, 9.17) is 9.63 Å². The van der Waals surface area contributed by atoms with Crippen molar-refractivity contribution in [2.24, 2.45) is 0 Å². The highest BCUT2D eigenvalue weighted by Crippen LogP contribution is 1.95. The third-order valence-corrected chi connectivity index (χ3v) is 1.98. The summed E-state index contributed by atoms with van der Waals surface area (Å²) >= 11 is 0. The van der Waals surface area contributed by atoms with E-state index in [1.54, 1.807) is 13.8 Å². The minimum atomic E-state index is -1.07. The van der Waals surface area contributed by atoms with Crippen molar-refractivity contribution >= 4 is 12.0 Å². The Kier molecular flexibility index (Phi) is 4.44. The second-order valence-electron chi connectivity index (χ2n) is 3.36. The molecule has 17 heavy (non-hydrogen) atoms. The quantitative estimate of drug-likeness (QED) is 0.671. The maximum absolute atomic E-state index is 11.3. The number of hydrogen-bond acceptors (Lipinski definition) is 5. The Bertz CT molecular complexity index is 403. The van der Waals surface area contributed by atoms with Crippen molar-refractivity contribution in [2.75, 3.05) is 0 Å². The zero-order valence-electron chi connectivity index (χ0n) is 9.56. The van der Waals surface area contributed by atoms with Gasteiger partial charge in [-0.25, -0.2) is 9.59 Å². The van der Waals surface area contributed by atoms with Gasteiger partial charge in [0.2, 0.25) is 5.89 Å². The zero-order valence-corrected chi connectivity index (χ0v) is 9.56. The lowest BCUT2D eigenvalue weighted by Crippen LogP contribution is -2.45. The van der Waals surface area contributed by atoms with Crippen LogP contribution in [0.3, 0.4) is 0 Å². The number of aromatic nitrogens is 2. The minimum absolute atomic E-state index is 0.0583. The van der Waals surface area contributed by atoms with E-state index in [0.29, 0.717) is 12.2 Å². The topological polar surface area (TPSA) is 117 Å². The number of hydrogen-bond donors (Lipinski definition) is 3. The van der Waals surface area contributed by atoms with Gasteiger partial charge in [0.05, 0.1) is 6.54 Å². The molecule has 94 valence electrons. The molecule has 3 N–H and O–H groups in total. The van der Waals surface area contributed by atoms with Gasteiger partial charge in [-0.15, -0.1) is 0 Å². The maximum atomic E-state index is 11.3. The molecule has 2 amide bonds. The van der Waals surface area contributed by atoms with E-state index < -0.39 is 18.0 Å². The van der Waals surface area contributed by atoms with Gasteiger partial charge < -0.3 is 20.3 Å². The third-order valence-electron chi connectivity index (χ3n) is 1.98. The molecule has 0 aliphatic carbocycles. The van der Waals surface area contributed by atoms with Crippen LogP contribution in [0.2, 0.25) is 0 Å². The number of aryl methyl sites for hydroxylation is 1. The van der Waals surface area contributed by atoms with Crippen molar-refractivity contribution in [1.82, 2.24) is 20.8 Å². The number of aliphatic carboxylic acids is 1. The molecule has 0 bridgehead atoms. The Labute approximate surface area is 97.4 Å². The van der Waals surface area contributed by atoms with Crippen LogP contribution >= 0.6 is 0 Å². The number of amides is 2. The first-order valence-corrected chi connectivity index (χ1v) is 5.09. The highest BCUT2D eigenvalue weighted by molar-refractivity contribution is 5.82. The normalized spacial score (nSPS) is 11.9. The molecule has 0 aromatic carbocycles. The fourth-order valence-corrected chi connectivity index (χ4v) is 1.12. The van der Waals surface area contributed by atoms with Crippen molar-refractivity contribution in [3.05, 3.63) is 11.7 Å². The fourth-order valence-electron chi connectivity index (χ4n) is 1.12. The summed E-state index contributed by atoms with van der Waals surface area (Å²) < 4.78 is 4.77. The predicted octanol–water partition coefficient (Wildman–Crippen LogP) is 0.0404. The number of urea groups is 1. The van der Waals surface area contributed by atoms with Crippen LogP contribution in [0.4, 0.5) is 4.79 Å². The summed E-state index contributed by atoms with van der Waals surface area (Å²) in [5.74, 6) is -0.337. The Balaban J connectivity index is 2.37. The molecule has 1 heterocycles. The second-order valence-corrected chi connectivity index (χ2v) is 3.36. The molecule has 0 aliphatic rings. The van der Waals surface area contributed by atoms with Crippen LogP contribution in [0.1, 0.15) is 25.1 Å². The lowest BCUT2D eigenvalue weighted by Gasteiger charge is -2.12. The van der Waals surface area contributed by atoms with Crippen molar-refractivity contribution in [2.45, 2.75) is 32.9 Å². The molecule has 1 aromatic heterocycles. The Morgan fingerprint density at radius 1 is 1.53 bits per heavy atom. The largest absolute Gasteiger partial charge is 0.480 e. The SMILES string of the molecule is CC[C@H](NC(=O)NCc1nc(C)no1)C(=O)O. The van der Waals surface area contributed by atoms with Crippen LogP contribution in [0.5, 0.6) is 0 Å². The Morgan fingerprint density at radius 2 is 2.24 bits per heavy atom. The summed E-state index contributed by atoms with van der Waals surface area (Å²) in [6.45, 7) is 3.38. The van der Waals surface area contributed by atoms with Gasteiger partial charge in [-0.2, -0.15) is 4.98 Å². The van der Waals surface area contributed by atoms with Gasteiger partial charge in [0.1, 0.15) is 6.04 Å². The van der Waals surface area contributed by atoms with Crippen LogP contribution in [0.15, 0.2) is 4.52 Å². The summed E-state index contributed by atoms with van der Waals surface area (Å²) in [6, 6.07) is -1.49. The predicted molar refractivity (Wildman–Crippen MR) is 56.1 cm³/mol. The summed E-state index contributed by atoms with van der Waals surface area (Å²) in [5.41, 5.74) is 0. The lowest BCUT2D eigenvalue weighted by atomic mass is 10.2. The Morgan fingerprint density at radius 3 is 2.71 bits per heavy atom. The van der Waals surface area contributed by atoms with Crippen molar-refractivity contribution in [3.8, 4) is 0 Å². The van der Waals surface area contributed by atoms with E-state index in [0.717, 1.165) is 0 Å². The minimum Gasteiger partial charge on any atom is -0.480 e. The van der Waals surface area contributed by atoms with Crippen LogP contribution in [-0.2, 0) is 11.3 Å². The van der Waals surface area contributed by atoms with E-state index in [1.807, 2.05) is 0 Å². The number of carbonyl (C=O) groups is 2. The van der Waals surface area contributed by atoms with Gasteiger partial charge in [0, 0.05) is 0 Å². The first-order chi connectivity index (χ1) is 8.02. The molecule has 8 nitrogen and oxygen atoms in total. The highest BCUT2D eigenvalue weighted by atomic mass is 16.5. The average Bonchev–Trinajstić information content (AvgIpc) is 2.68. The molecule has 0 spiro atoms. The summed E-state index contributed by atoms with van der Waals surface area (Å²) in [6.07, 6.45) is 0.308. The molecule has 8 heteroatoms. The number of rotatable bonds is 5. The molecule has 1 atom stereocenters. The number of carboxylic acids is 1. The van der Waals surface area contributed by atoms with E-state index in [-0.39, 0.29) is 12.4 Å². The maximum Gasteiger partial charge on any atom is 0.326 e. The van der Waals surface area contributed by atoms with E-state index in [2.05, 4.69) is 20.8 Å². The molecule has 0 saturated heterocycles. The summed E-state index contributed by atoms with van der Waals surface area (Å²) in [5, 5.41) is 17.0. The van der Waals surface area contributed by atoms with Crippen LogP contribution < -0.4 is 10.6 Å². The first kappa shape index (κ1) is 12.9. The molecule has 0 fully saturated rings. The Hall–Kier alpha value is -2.12. The van der Waals surface area contributed by atoms with Gasteiger partial charge in [-0.05, 0) is 13.3 Å². The van der Waals surface area contributed by atoms with E-state index in [1.165, 1.54) is 0 Å². The third kappa shape index (κ3) is 4.09. The molecule has 0 saturated carbocycles. The highest BCUT2D eigenvalue weighted by Gasteiger charge is 2.17. The standard InChI is InChI=1S/C9H14N4O4/c1-3-6(8(14)15)12-9(16)10-4-7-11-5(2)13-17-7/h6H,3-4H2,1-2H3,(H,14,15)(H2,10,12,16)/t6-/m0/s1. The lowest BCUT2D eigenvalue weighted by molar-refractivity contribution is -0.139. The summed E-state index contributed by atoms with van der Waals surface area (Å²) in [4.78, 5) is 25.9. The molecule has 1 aromatic rings. The van der Waals surface area contributed by atoms with Crippen LogP contribution in [0, 0.1) is 6.92 Å². The van der Waals surface area contributed by atoms with Crippen molar-refractivity contribution in [3.63, 3.8) is 0 Å². The second kappa shape index (κ2) is 5.83. The van der Waals surface area contributed by atoms with Gasteiger partial charge in [-0.3, -0.25) is 0 Å². The van der Waals surface area contributed by atoms with Gasteiger partial charge in [-0.1, -0.05) is 12.1 Å². The molecule has 0 aliphatic heterocycles. The number of nitrogens with zero attached hydrogens (tertiary/aromatic N) is 2.